The molecule has 1 N–H and O–H groups in total. The van der Waals surface area contributed by atoms with Gasteiger partial charge in [0.25, 0.3) is 0 Å². The molecule has 0 saturated carbocycles. The molecule has 5 heteroatoms. The second-order valence-corrected chi connectivity index (χ2v) is 4.43. The van der Waals surface area contributed by atoms with Crippen LogP contribution in [0.1, 0.15) is 17.0 Å². The fourth-order valence-electron chi connectivity index (χ4n) is 1.29. The van der Waals surface area contributed by atoms with Gasteiger partial charge in [0.1, 0.15) is 11.9 Å². The average Bonchev–Trinajstić information content (AvgIpc) is 2.67. The SMILES string of the molecule is Cc1ccc(Sc2n[nH]c(C)n2)c(C#N)c1. The molecule has 0 atom stereocenters. The van der Waals surface area contributed by atoms with Gasteiger partial charge in [0.05, 0.1) is 5.56 Å². The van der Waals surface area contributed by atoms with Gasteiger partial charge in [0.15, 0.2) is 0 Å². The third-order valence-corrected chi connectivity index (χ3v) is 2.97. The maximum Gasteiger partial charge on any atom is 0.213 e. The van der Waals surface area contributed by atoms with E-state index in [0.29, 0.717) is 10.7 Å². The van der Waals surface area contributed by atoms with Gasteiger partial charge in [-0.25, -0.2) is 4.98 Å². The van der Waals surface area contributed by atoms with Crippen LogP contribution in [0.2, 0.25) is 0 Å². The van der Waals surface area contributed by atoms with E-state index in [0.717, 1.165) is 16.3 Å². The lowest BCUT2D eigenvalue weighted by Gasteiger charge is -2.01. The van der Waals surface area contributed by atoms with Gasteiger partial charge in [-0.2, -0.15) is 5.26 Å². The van der Waals surface area contributed by atoms with Crippen LogP contribution in [-0.2, 0) is 0 Å². The zero-order valence-corrected chi connectivity index (χ0v) is 9.80. The maximum absolute atomic E-state index is 9.01. The molecule has 16 heavy (non-hydrogen) atoms. The third kappa shape index (κ3) is 2.23. The van der Waals surface area contributed by atoms with E-state index in [4.69, 9.17) is 5.26 Å². The molecule has 0 aliphatic carbocycles. The second-order valence-electron chi connectivity index (χ2n) is 3.42. The van der Waals surface area contributed by atoms with E-state index in [9.17, 15) is 0 Å². The highest BCUT2D eigenvalue weighted by Crippen LogP contribution is 2.28. The van der Waals surface area contributed by atoms with Crippen LogP contribution in [0.4, 0.5) is 0 Å². The lowest BCUT2D eigenvalue weighted by molar-refractivity contribution is 0.969. The summed E-state index contributed by atoms with van der Waals surface area (Å²) in [7, 11) is 0. The number of nitrogens with one attached hydrogen (secondary N) is 1. The summed E-state index contributed by atoms with van der Waals surface area (Å²) in [5, 5.41) is 16.5. The Labute approximate surface area is 97.7 Å². The third-order valence-electron chi connectivity index (χ3n) is 2.03. The first-order chi connectivity index (χ1) is 7.69. The van der Waals surface area contributed by atoms with Crippen LogP contribution in [0.5, 0.6) is 0 Å². The van der Waals surface area contributed by atoms with Gasteiger partial charge >= 0.3 is 0 Å². The van der Waals surface area contributed by atoms with E-state index in [1.54, 1.807) is 0 Å². The number of benzene rings is 1. The molecular weight excluding hydrogens is 220 g/mol. The number of aromatic nitrogens is 3. The van der Waals surface area contributed by atoms with Crippen molar-refractivity contribution < 1.29 is 0 Å². The van der Waals surface area contributed by atoms with Crippen molar-refractivity contribution in [1.29, 1.82) is 5.26 Å². The number of nitriles is 1. The van der Waals surface area contributed by atoms with Crippen LogP contribution >= 0.6 is 11.8 Å². The maximum atomic E-state index is 9.01. The lowest BCUT2D eigenvalue weighted by Crippen LogP contribution is -1.84. The van der Waals surface area contributed by atoms with E-state index in [1.165, 1.54) is 11.8 Å². The van der Waals surface area contributed by atoms with Crippen molar-refractivity contribution in [2.75, 3.05) is 0 Å². The Morgan fingerprint density at radius 2 is 2.19 bits per heavy atom. The van der Waals surface area contributed by atoms with Crippen LogP contribution in [0.25, 0.3) is 0 Å². The van der Waals surface area contributed by atoms with Gasteiger partial charge in [-0.1, -0.05) is 6.07 Å². The zero-order valence-electron chi connectivity index (χ0n) is 8.98. The molecule has 2 rings (SSSR count). The number of rotatable bonds is 2. The van der Waals surface area contributed by atoms with E-state index >= 15 is 0 Å². The first-order valence-electron chi connectivity index (χ1n) is 4.76. The molecule has 80 valence electrons. The van der Waals surface area contributed by atoms with E-state index < -0.39 is 0 Å². The van der Waals surface area contributed by atoms with Crippen LogP contribution in [-0.4, -0.2) is 15.2 Å². The minimum Gasteiger partial charge on any atom is -0.262 e. The van der Waals surface area contributed by atoms with Crippen molar-refractivity contribution in [1.82, 2.24) is 15.2 Å². The normalized spacial score (nSPS) is 10.1. The number of hydrogen-bond acceptors (Lipinski definition) is 4. The summed E-state index contributed by atoms with van der Waals surface area (Å²) in [6.45, 7) is 3.81. The van der Waals surface area contributed by atoms with Crippen molar-refractivity contribution in [2.24, 2.45) is 0 Å². The van der Waals surface area contributed by atoms with Crippen molar-refractivity contribution >= 4 is 11.8 Å². The molecule has 0 bridgehead atoms. The van der Waals surface area contributed by atoms with Crippen LogP contribution in [0.3, 0.4) is 0 Å². The Balaban J connectivity index is 2.31. The van der Waals surface area contributed by atoms with Crippen LogP contribution in [0.15, 0.2) is 28.3 Å². The van der Waals surface area contributed by atoms with E-state index in [-0.39, 0.29) is 0 Å². The standard InChI is InChI=1S/C11H10N4S/c1-7-3-4-10(9(5-7)6-12)16-11-13-8(2)14-15-11/h3-5H,1-2H3,(H,13,14,15). The fraction of sp³-hybridized carbons (Fsp3) is 0.182. The molecule has 0 aliphatic rings. The van der Waals surface area contributed by atoms with Crippen molar-refractivity contribution in [2.45, 2.75) is 23.9 Å². The Hall–Kier alpha value is -1.80. The summed E-state index contributed by atoms with van der Waals surface area (Å²) >= 11 is 1.39. The first kappa shape index (κ1) is 10.7. The molecule has 2 aromatic rings. The van der Waals surface area contributed by atoms with Crippen molar-refractivity contribution in [3.05, 3.63) is 35.2 Å². The lowest BCUT2D eigenvalue weighted by atomic mass is 10.2. The van der Waals surface area contributed by atoms with Crippen molar-refractivity contribution in [3.8, 4) is 6.07 Å². The molecule has 4 nitrogen and oxygen atoms in total. The highest BCUT2D eigenvalue weighted by Gasteiger charge is 2.07. The number of hydrogen-bond donors (Lipinski definition) is 1. The predicted octanol–water partition coefficient (Wildman–Crippen LogP) is 2.44. The monoisotopic (exact) mass is 230 g/mol. The summed E-state index contributed by atoms with van der Waals surface area (Å²) in [4.78, 5) is 5.07. The fourth-order valence-corrected chi connectivity index (χ4v) is 2.11. The topological polar surface area (TPSA) is 65.4 Å². The minimum absolute atomic E-state index is 0.637. The molecule has 0 amide bonds. The summed E-state index contributed by atoms with van der Waals surface area (Å²) in [5.74, 6) is 0.771. The Morgan fingerprint density at radius 1 is 1.38 bits per heavy atom. The Kier molecular flexibility index (Phi) is 2.93. The summed E-state index contributed by atoms with van der Waals surface area (Å²) in [5.41, 5.74) is 1.74. The highest BCUT2D eigenvalue weighted by molar-refractivity contribution is 7.99. The summed E-state index contributed by atoms with van der Waals surface area (Å²) < 4.78 is 0. The quantitative estimate of drug-likeness (QED) is 0.860. The van der Waals surface area contributed by atoms with Gasteiger partial charge in [0.2, 0.25) is 5.16 Å². The Bertz CT molecular complexity index is 553. The Morgan fingerprint density at radius 3 is 2.81 bits per heavy atom. The molecule has 0 saturated heterocycles. The van der Waals surface area contributed by atoms with Gasteiger partial charge < -0.3 is 0 Å². The number of aromatic amines is 1. The van der Waals surface area contributed by atoms with E-state index in [2.05, 4.69) is 21.3 Å². The first-order valence-corrected chi connectivity index (χ1v) is 5.58. The molecule has 1 aromatic carbocycles. The van der Waals surface area contributed by atoms with Gasteiger partial charge in [-0.15, -0.1) is 5.10 Å². The van der Waals surface area contributed by atoms with E-state index in [1.807, 2.05) is 32.0 Å². The molecule has 0 fully saturated rings. The number of H-pyrrole nitrogens is 1. The second kappa shape index (κ2) is 4.37. The molecule has 0 radical (unpaired) electrons. The largest absolute Gasteiger partial charge is 0.262 e. The minimum atomic E-state index is 0.637. The van der Waals surface area contributed by atoms with Crippen molar-refractivity contribution in [3.63, 3.8) is 0 Å². The molecular formula is C11H10N4S. The van der Waals surface area contributed by atoms with Gasteiger partial charge in [-0.3, -0.25) is 5.10 Å². The van der Waals surface area contributed by atoms with Crippen LogP contribution < -0.4 is 0 Å². The number of nitrogens with zero attached hydrogens (tertiary/aromatic N) is 3. The number of aryl methyl sites for hydroxylation is 2. The molecule has 1 heterocycles. The van der Waals surface area contributed by atoms with Gasteiger partial charge in [0, 0.05) is 4.90 Å². The summed E-state index contributed by atoms with van der Waals surface area (Å²) in [6.07, 6.45) is 0. The molecule has 1 aromatic heterocycles. The molecule has 0 unspecified atom stereocenters. The molecule has 0 aliphatic heterocycles. The van der Waals surface area contributed by atoms with Crippen LogP contribution in [0, 0.1) is 25.2 Å². The highest BCUT2D eigenvalue weighted by atomic mass is 32.2. The smallest absolute Gasteiger partial charge is 0.213 e. The van der Waals surface area contributed by atoms with Gasteiger partial charge in [-0.05, 0) is 43.3 Å². The zero-order chi connectivity index (χ0) is 11.5. The summed E-state index contributed by atoms with van der Waals surface area (Å²) in [6, 6.07) is 7.94. The average molecular weight is 230 g/mol. The predicted molar refractivity (Wildman–Crippen MR) is 61.1 cm³/mol. The molecule has 0 spiro atoms.